The Labute approximate surface area is 122 Å². The van der Waals surface area contributed by atoms with E-state index in [0.717, 1.165) is 30.6 Å². The Kier molecular flexibility index (Phi) is 3.48. The van der Waals surface area contributed by atoms with Gasteiger partial charge in [-0.1, -0.05) is 19.8 Å². The number of hydrogen-bond donors (Lipinski definition) is 1. The molecule has 7 heteroatoms. The molecular weight excluding hydrogens is 272 g/mol. The first-order valence-electron chi connectivity index (χ1n) is 7.22. The van der Waals surface area contributed by atoms with Crippen LogP contribution in [-0.2, 0) is 17.8 Å². The van der Waals surface area contributed by atoms with Gasteiger partial charge in [-0.3, -0.25) is 4.79 Å². The lowest BCUT2D eigenvalue weighted by Gasteiger charge is -2.23. The number of carboxylic acids is 1. The molecule has 0 aliphatic heterocycles. The fraction of sp³-hybridized carbons (Fsp3) is 0.571. The molecule has 1 fully saturated rings. The number of aliphatic carboxylic acids is 1. The molecule has 1 saturated carbocycles. The summed E-state index contributed by atoms with van der Waals surface area (Å²) in [6, 6.07) is 1.82. The minimum Gasteiger partial charge on any atom is -0.481 e. The summed E-state index contributed by atoms with van der Waals surface area (Å²) in [4.78, 5) is 11.7. The standard InChI is InChI=1S/C14H18N4O3/c1-2-11-10(5-8-21-11)12-15-16-17-18(12)9-14(13(19)20)6-3-4-7-14/h5,8H,2-4,6-7,9H2,1H3,(H,19,20). The second-order valence-electron chi connectivity index (χ2n) is 5.56. The molecule has 1 aliphatic rings. The maximum absolute atomic E-state index is 11.7. The second-order valence-corrected chi connectivity index (χ2v) is 5.56. The van der Waals surface area contributed by atoms with Crippen molar-refractivity contribution >= 4 is 5.97 Å². The maximum Gasteiger partial charge on any atom is 0.311 e. The van der Waals surface area contributed by atoms with Gasteiger partial charge in [0.25, 0.3) is 0 Å². The van der Waals surface area contributed by atoms with Gasteiger partial charge in [0.2, 0.25) is 0 Å². The number of aryl methyl sites for hydroxylation is 1. The smallest absolute Gasteiger partial charge is 0.311 e. The Morgan fingerprint density at radius 2 is 2.24 bits per heavy atom. The molecule has 0 atom stereocenters. The molecule has 0 bridgehead atoms. The van der Waals surface area contributed by atoms with Crippen molar-refractivity contribution in [3.63, 3.8) is 0 Å². The summed E-state index contributed by atoms with van der Waals surface area (Å²) < 4.78 is 7.01. The Morgan fingerprint density at radius 1 is 1.48 bits per heavy atom. The Bertz CT molecular complexity index is 640. The van der Waals surface area contributed by atoms with Gasteiger partial charge in [0, 0.05) is 6.42 Å². The molecule has 0 radical (unpaired) electrons. The van der Waals surface area contributed by atoms with Crippen molar-refractivity contribution in [2.45, 2.75) is 45.6 Å². The average Bonchev–Trinajstić information content (AvgIpc) is 3.18. The van der Waals surface area contributed by atoms with E-state index in [9.17, 15) is 9.90 Å². The molecule has 1 N–H and O–H groups in total. The molecule has 0 unspecified atom stereocenters. The van der Waals surface area contributed by atoms with Crippen molar-refractivity contribution in [2.24, 2.45) is 5.41 Å². The zero-order valence-electron chi connectivity index (χ0n) is 11.9. The molecule has 0 spiro atoms. The van der Waals surface area contributed by atoms with Gasteiger partial charge in [0.15, 0.2) is 5.82 Å². The highest BCUT2D eigenvalue weighted by Gasteiger charge is 2.42. The first-order chi connectivity index (χ1) is 10.2. The van der Waals surface area contributed by atoms with E-state index in [2.05, 4.69) is 15.5 Å². The number of carboxylic acid groups (broad SMARTS) is 1. The first-order valence-corrected chi connectivity index (χ1v) is 7.22. The zero-order chi connectivity index (χ0) is 14.9. The summed E-state index contributed by atoms with van der Waals surface area (Å²) >= 11 is 0. The molecule has 2 aromatic rings. The molecule has 112 valence electrons. The highest BCUT2D eigenvalue weighted by molar-refractivity contribution is 5.75. The molecule has 0 saturated heterocycles. The lowest BCUT2D eigenvalue weighted by atomic mass is 9.86. The first kappa shape index (κ1) is 13.8. The number of tetrazole rings is 1. The number of rotatable bonds is 5. The van der Waals surface area contributed by atoms with Crippen LogP contribution in [0.25, 0.3) is 11.4 Å². The summed E-state index contributed by atoms with van der Waals surface area (Å²) in [6.45, 7) is 2.30. The van der Waals surface area contributed by atoms with Gasteiger partial charge in [-0.05, 0) is 29.3 Å². The lowest BCUT2D eigenvalue weighted by molar-refractivity contribution is -0.149. The van der Waals surface area contributed by atoms with Crippen LogP contribution < -0.4 is 0 Å². The van der Waals surface area contributed by atoms with Crippen LogP contribution in [-0.4, -0.2) is 31.3 Å². The summed E-state index contributed by atoms with van der Waals surface area (Å²) in [5.41, 5.74) is 0.0845. The van der Waals surface area contributed by atoms with Crippen LogP contribution in [0.3, 0.4) is 0 Å². The van der Waals surface area contributed by atoms with Gasteiger partial charge in [0.1, 0.15) is 5.76 Å². The van der Waals surface area contributed by atoms with Crippen molar-refractivity contribution in [1.82, 2.24) is 20.2 Å². The summed E-state index contributed by atoms with van der Waals surface area (Å²) in [6.07, 6.45) is 5.57. The van der Waals surface area contributed by atoms with Crippen molar-refractivity contribution in [3.8, 4) is 11.4 Å². The summed E-state index contributed by atoms with van der Waals surface area (Å²) in [5, 5.41) is 21.3. The molecule has 2 aromatic heterocycles. The number of hydrogen-bond acceptors (Lipinski definition) is 5. The van der Waals surface area contributed by atoms with Gasteiger partial charge in [-0.15, -0.1) is 5.10 Å². The van der Waals surface area contributed by atoms with Gasteiger partial charge >= 0.3 is 5.97 Å². The SMILES string of the molecule is CCc1occc1-c1nnnn1CC1(C(=O)O)CCCC1. The van der Waals surface area contributed by atoms with Crippen molar-refractivity contribution in [3.05, 3.63) is 18.1 Å². The van der Waals surface area contributed by atoms with Crippen molar-refractivity contribution in [1.29, 1.82) is 0 Å². The van der Waals surface area contributed by atoms with E-state index in [0.29, 0.717) is 25.2 Å². The van der Waals surface area contributed by atoms with Crippen LogP contribution >= 0.6 is 0 Å². The van der Waals surface area contributed by atoms with Crippen LogP contribution in [0.1, 0.15) is 38.4 Å². The largest absolute Gasteiger partial charge is 0.481 e. The molecule has 7 nitrogen and oxygen atoms in total. The maximum atomic E-state index is 11.7. The molecule has 21 heavy (non-hydrogen) atoms. The molecule has 1 aliphatic carbocycles. The van der Waals surface area contributed by atoms with Gasteiger partial charge < -0.3 is 9.52 Å². The van der Waals surface area contributed by atoms with Crippen LogP contribution in [0.15, 0.2) is 16.7 Å². The minimum absolute atomic E-state index is 0.305. The van der Waals surface area contributed by atoms with E-state index in [1.807, 2.05) is 13.0 Å². The Morgan fingerprint density at radius 3 is 2.90 bits per heavy atom. The number of aromatic nitrogens is 4. The molecule has 3 rings (SSSR count). The lowest BCUT2D eigenvalue weighted by Crippen LogP contribution is -2.33. The van der Waals surface area contributed by atoms with E-state index in [-0.39, 0.29) is 0 Å². The summed E-state index contributed by atoms with van der Waals surface area (Å²) in [5.74, 6) is 0.624. The van der Waals surface area contributed by atoms with E-state index in [1.165, 1.54) is 0 Å². The minimum atomic E-state index is -0.760. The normalized spacial score (nSPS) is 17.2. The molecular formula is C14H18N4O3. The highest BCUT2D eigenvalue weighted by atomic mass is 16.4. The monoisotopic (exact) mass is 290 g/mol. The fourth-order valence-electron chi connectivity index (χ4n) is 3.10. The van der Waals surface area contributed by atoms with Gasteiger partial charge in [-0.2, -0.15) is 0 Å². The quantitative estimate of drug-likeness (QED) is 0.906. The van der Waals surface area contributed by atoms with E-state index < -0.39 is 11.4 Å². The molecule has 2 heterocycles. The van der Waals surface area contributed by atoms with Gasteiger partial charge in [0.05, 0.1) is 23.8 Å². The van der Waals surface area contributed by atoms with E-state index in [1.54, 1.807) is 10.9 Å². The Hall–Kier alpha value is -2.18. The van der Waals surface area contributed by atoms with Crippen LogP contribution in [0.2, 0.25) is 0 Å². The van der Waals surface area contributed by atoms with Crippen LogP contribution in [0.4, 0.5) is 0 Å². The van der Waals surface area contributed by atoms with Crippen LogP contribution in [0.5, 0.6) is 0 Å². The predicted molar refractivity (Wildman–Crippen MR) is 73.4 cm³/mol. The third kappa shape index (κ3) is 2.32. The van der Waals surface area contributed by atoms with Crippen molar-refractivity contribution < 1.29 is 14.3 Å². The van der Waals surface area contributed by atoms with E-state index >= 15 is 0 Å². The Balaban J connectivity index is 1.94. The van der Waals surface area contributed by atoms with Gasteiger partial charge in [-0.25, -0.2) is 4.68 Å². The van der Waals surface area contributed by atoms with Crippen molar-refractivity contribution in [2.75, 3.05) is 0 Å². The second kappa shape index (κ2) is 5.31. The molecule has 0 amide bonds. The number of carbonyl (C=O) groups is 1. The van der Waals surface area contributed by atoms with Crippen LogP contribution in [0, 0.1) is 5.41 Å². The highest BCUT2D eigenvalue weighted by Crippen LogP contribution is 2.40. The fourth-order valence-corrected chi connectivity index (χ4v) is 3.10. The van der Waals surface area contributed by atoms with E-state index in [4.69, 9.17) is 4.42 Å². The number of furan rings is 1. The predicted octanol–water partition coefficient (Wildman–Crippen LogP) is 2.14. The molecule has 0 aromatic carbocycles. The average molecular weight is 290 g/mol. The topological polar surface area (TPSA) is 94.0 Å². The third-order valence-corrected chi connectivity index (χ3v) is 4.31. The summed E-state index contributed by atoms with van der Waals surface area (Å²) in [7, 11) is 0. The zero-order valence-corrected chi connectivity index (χ0v) is 11.9. The third-order valence-electron chi connectivity index (χ3n) is 4.31. The number of nitrogens with zero attached hydrogens (tertiary/aromatic N) is 4.